The van der Waals surface area contributed by atoms with Crippen molar-refractivity contribution >= 4 is 5.97 Å². The third-order valence-electron chi connectivity index (χ3n) is 4.44. The summed E-state index contributed by atoms with van der Waals surface area (Å²) in [6.07, 6.45) is 4.77. The Kier molecular flexibility index (Phi) is 0.623. The molecular formula is C9H12O2. The quantitative estimate of drug-likeness (QED) is 0.620. The molecule has 2 heteroatoms. The van der Waals surface area contributed by atoms with E-state index in [1.165, 1.54) is 19.3 Å². The summed E-state index contributed by atoms with van der Waals surface area (Å²) in [6.45, 7) is 1.92. The van der Waals surface area contributed by atoms with E-state index in [0.717, 1.165) is 6.42 Å². The van der Waals surface area contributed by atoms with Gasteiger partial charge in [-0.25, -0.2) is 0 Å². The second kappa shape index (κ2) is 1.13. The largest absolute Gasteiger partial charge is 0.481 e. The van der Waals surface area contributed by atoms with E-state index in [4.69, 9.17) is 5.11 Å². The van der Waals surface area contributed by atoms with Crippen molar-refractivity contribution in [3.05, 3.63) is 0 Å². The monoisotopic (exact) mass is 152 g/mol. The summed E-state index contributed by atoms with van der Waals surface area (Å²) in [5.41, 5.74) is 0.496. The molecule has 3 aliphatic rings. The predicted octanol–water partition coefficient (Wildman–Crippen LogP) is 1.65. The highest BCUT2D eigenvalue weighted by molar-refractivity contribution is 5.81. The molecule has 2 nitrogen and oxygen atoms in total. The number of carboxylic acid groups (broad SMARTS) is 1. The van der Waals surface area contributed by atoms with Crippen molar-refractivity contribution in [2.45, 2.75) is 32.6 Å². The van der Waals surface area contributed by atoms with E-state index in [1.54, 1.807) is 0 Å². The summed E-state index contributed by atoms with van der Waals surface area (Å²) in [6, 6.07) is 0. The maximum absolute atomic E-state index is 10.9. The lowest BCUT2D eigenvalue weighted by Crippen LogP contribution is -2.14. The number of aliphatic carboxylic acids is 1. The van der Waals surface area contributed by atoms with Crippen molar-refractivity contribution in [3.8, 4) is 0 Å². The van der Waals surface area contributed by atoms with E-state index in [0.29, 0.717) is 5.41 Å². The molecule has 0 saturated heterocycles. The first-order chi connectivity index (χ1) is 5.06. The number of hydrogen-bond donors (Lipinski definition) is 1. The summed E-state index contributed by atoms with van der Waals surface area (Å²) in [5.74, 6) is -0.568. The van der Waals surface area contributed by atoms with Crippen molar-refractivity contribution in [3.63, 3.8) is 0 Å². The number of carboxylic acids is 1. The molecule has 3 fully saturated rings. The Morgan fingerprint density at radius 2 is 2.00 bits per heavy atom. The molecule has 0 radical (unpaired) electrons. The smallest absolute Gasteiger partial charge is 0.309 e. The number of rotatable bonds is 1. The fourth-order valence-electron chi connectivity index (χ4n) is 3.21. The highest BCUT2D eigenvalue weighted by Gasteiger charge is 2.90. The number of fused-ring (bicyclic) bond motifs is 1. The predicted molar refractivity (Wildman–Crippen MR) is 39.1 cm³/mol. The summed E-state index contributed by atoms with van der Waals surface area (Å²) >= 11 is 0. The van der Waals surface area contributed by atoms with E-state index in [2.05, 4.69) is 0 Å². The van der Waals surface area contributed by atoms with Crippen LogP contribution in [-0.4, -0.2) is 11.1 Å². The summed E-state index contributed by atoms with van der Waals surface area (Å²) in [4.78, 5) is 10.9. The Morgan fingerprint density at radius 1 is 1.36 bits per heavy atom. The van der Waals surface area contributed by atoms with Crippen molar-refractivity contribution in [2.24, 2.45) is 16.2 Å². The second-order valence-corrected chi connectivity index (χ2v) is 4.85. The first-order valence-electron chi connectivity index (χ1n) is 4.30. The molecule has 0 aromatic heterocycles. The minimum absolute atomic E-state index is 0.284. The van der Waals surface area contributed by atoms with Crippen LogP contribution in [0.3, 0.4) is 0 Å². The highest BCUT2D eigenvalue weighted by atomic mass is 16.4. The standard InChI is InChI=1S/C9H12O2/c1-7(6(10)11)4-9(7)5-8(9)2-3-8/h2-5H2,1H3,(H,10,11)/t7-,9+/m0/s1. The van der Waals surface area contributed by atoms with Crippen molar-refractivity contribution in [1.29, 1.82) is 0 Å². The van der Waals surface area contributed by atoms with Gasteiger partial charge in [0.15, 0.2) is 0 Å². The fraction of sp³-hybridized carbons (Fsp3) is 0.889. The molecule has 3 aliphatic carbocycles. The van der Waals surface area contributed by atoms with Gasteiger partial charge in [0.1, 0.15) is 0 Å². The number of hydrogen-bond acceptors (Lipinski definition) is 1. The lowest BCUT2D eigenvalue weighted by molar-refractivity contribution is -0.143. The van der Waals surface area contributed by atoms with Crippen LogP contribution < -0.4 is 0 Å². The SMILES string of the molecule is C[C@@]1(C(=O)O)C[C@@]12CC21CC1. The van der Waals surface area contributed by atoms with Gasteiger partial charge in [0, 0.05) is 0 Å². The molecule has 2 spiro atoms. The fourth-order valence-corrected chi connectivity index (χ4v) is 3.21. The van der Waals surface area contributed by atoms with Crippen molar-refractivity contribution < 1.29 is 9.90 Å². The van der Waals surface area contributed by atoms with E-state index in [-0.39, 0.29) is 10.8 Å². The Labute approximate surface area is 65.6 Å². The van der Waals surface area contributed by atoms with Crippen molar-refractivity contribution in [1.82, 2.24) is 0 Å². The average molecular weight is 152 g/mol. The van der Waals surface area contributed by atoms with Gasteiger partial charge in [0.2, 0.25) is 0 Å². The van der Waals surface area contributed by atoms with E-state index in [1.807, 2.05) is 6.92 Å². The minimum Gasteiger partial charge on any atom is -0.481 e. The molecular weight excluding hydrogens is 140 g/mol. The lowest BCUT2D eigenvalue weighted by Gasteiger charge is -2.01. The normalized spacial score (nSPS) is 54.6. The van der Waals surface area contributed by atoms with Crippen LogP contribution in [-0.2, 0) is 4.79 Å². The first-order valence-corrected chi connectivity index (χ1v) is 4.30. The molecule has 0 bridgehead atoms. The van der Waals surface area contributed by atoms with Crippen LogP contribution in [0.25, 0.3) is 0 Å². The first kappa shape index (κ1) is 6.04. The van der Waals surface area contributed by atoms with Gasteiger partial charge >= 0.3 is 5.97 Å². The molecule has 0 aliphatic heterocycles. The molecule has 60 valence electrons. The van der Waals surface area contributed by atoms with Crippen LogP contribution in [0.2, 0.25) is 0 Å². The van der Waals surface area contributed by atoms with Crippen molar-refractivity contribution in [2.75, 3.05) is 0 Å². The Hall–Kier alpha value is -0.530. The Balaban J connectivity index is 1.93. The molecule has 0 amide bonds. The van der Waals surface area contributed by atoms with Gasteiger partial charge in [-0.1, -0.05) is 0 Å². The van der Waals surface area contributed by atoms with E-state index in [9.17, 15) is 4.79 Å². The molecule has 0 aromatic rings. The van der Waals surface area contributed by atoms with Crippen LogP contribution in [0.15, 0.2) is 0 Å². The topological polar surface area (TPSA) is 37.3 Å². The van der Waals surface area contributed by atoms with Gasteiger partial charge in [-0.3, -0.25) is 4.79 Å². The van der Waals surface area contributed by atoms with Crippen LogP contribution in [0, 0.1) is 16.2 Å². The third kappa shape index (κ3) is 0.397. The zero-order valence-electron chi connectivity index (χ0n) is 6.68. The highest BCUT2D eigenvalue weighted by Crippen LogP contribution is 2.95. The maximum Gasteiger partial charge on any atom is 0.309 e. The minimum atomic E-state index is -0.568. The molecule has 0 unspecified atom stereocenters. The van der Waals surface area contributed by atoms with Crippen LogP contribution in [0.5, 0.6) is 0 Å². The maximum atomic E-state index is 10.9. The Bertz CT molecular complexity index is 267. The molecule has 1 N–H and O–H groups in total. The lowest BCUT2D eigenvalue weighted by atomic mass is 10.0. The molecule has 3 saturated carbocycles. The van der Waals surface area contributed by atoms with Crippen LogP contribution in [0.1, 0.15) is 32.6 Å². The molecule has 0 aromatic carbocycles. The van der Waals surface area contributed by atoms with E-state index < -0.39 is 5.97 Å². The zero-order valence-corrected chi connectivity index (χ0v) is 6.68. The summed E-state index contributed by atoms with van der Waals surface area (Å²) in [5, 5.41) is 8.95. The van der Waals surface area contributed by atoms with Crippen LogP contribution in [0.4, 0.5) is 0 Å². The van der Waals surface area contributed by atoms with Crippen LogP contribution >= 0.6 is 0 Å². The second-order valence-electron chi connectivity index (χ2n) is 4.85. The van der Waals surface area contributed by atoms with Gasteiger partial charge in [0.05, 0.1) is 5.41 Å². The summed E-state index contributed by atoms with van der Waals surface area (Å²) in [7, 11) is 0. The zero-order chi connectivity index (χ0) is 7.91. The van der Waals surface area contributed by atoms with E-state index >= 15 is 0 Å². The van der Waals surface area contributed by atoms with Gasteiger partial charge in [-0.2, -0.15) is 0 Å². The molecule has 0 heterocycles. The van der Waals surface area contributed by atoms with Gasteiger partial charge in [-0.15, -0.1) is 0 Å². The number of carbonyl (C=O) groups is 1. The average Bonchev–Trinajstić information content (AvgIpc) is 2.77. The molecule has 2 atom stereocenters. The molecule has 3 rings (SSSR count). The van der Waals surface area contributed by atoms with Gasteiger partial charge in [0.25, 0.3) is 0 Å². The van der Waals surface area contributed by atoms with Gasteiger partial charge < -0.3 is 5.11 Å². The molecule has 11 heavy (non-hydrogen) atoms. The third-order valence-corrected chi connectivity index (χ3v) is 4.44. The Morgan fingerprint density at radius 3 is 2.27 bits per heavy atom. The van der Waals surface area contributed by atoms with Gasteiger partial charge in [-0.05, 0) is 43.4 Å². The summed E-state index contributed by atoms with van der Waals surface area (Å²) < 4.78 is 0.